The van der Waals surface area contributed by atoms with Crippen LogP contribution in [-0.4, -0.2) is 33.4 Å². The van der Waals surface area contributed by atoms with Crippen LogP contribution in [0.1, 0.15) is 47.5 Å². The van der Waals surface area contributed by atoms with Crippen LogP contribution in [0.15, 0.2) is 18.5 Å². The molecule has 1 atom stereocenters. The minimum atomic E-state index is -0.0896. The standard InChI is InChI=1S/C17H23N5OS.ClH/c1-11-14(24-17(21-11)15-19-8-5-9-20-15)16(23)22-13(10-18)12-6-3-2-4-7-12;/h5,8-9,12-13H,2-4,6-7,10,18H2,1H3,(H,22,23);1H. The van der Waals surface area contributed by atoms with Gasteiger partial charge in [-0.2, -0.15) is 0 Å². The number of rotatable bonds is 5. The third kappa shape index (κ3) is 4.74. The number of carbonyl (C=O) groups excluding carboxylic acids is 1. The summed E-state index contributed by atoms with van der Waals surface area (Å²) in [6.45, 7) is 2.32. The fourth-order valence-electron chi connectivity index (χ4n) is 3.25. The summed E-state index contributed by atoms with van der Waals surface area (Å²) in [7, 11) is 0. The highest BCUT2D eigenvalue weighted by Crippen LogP contribution is 2.28. The number of thiazole rings is 1. The van der Waals surface area contributed by atoms with Gasteiger partial charge < -0.3 is 11.1 Å². The average Bonchev–Trinajstić information content (AvgIpc) is 3.03. The maximum atomic E-state index is 12.7. The van der Waals surface area contributed by atoms with E-state index in [9.17, 15) is 4.79 Å². The lowest BCUT2D eigenvalue weighted by atomic mass is 9.84. The van der Waals surface area contributed by atoms with Crippen molar-refractivity contribution < 1.29 is 4.79 Å². The first-order chi connectivity index (χ1) is 11.7. The fraction of sp³-hybridized carbons (Fsp3) is 0.529. The average molecular weight is 382 g/mol. The zero-order chi connectivity index (χ0) is 16.9. The molecule has 0 saturated heterocycles. The first kappa shape index (κ1) is 19.8. The maximum absolute atomic E-state index is 12.7. The Morgan fingerprint density at radius 3 is 2.64 bits per heavy atom. The molecule has 1 aliphatic rings. The number of aromatic nitrogens is 3. The van der Waals surface area contributed by atoms with Gasteiger partial charge in [-0.3, -0.25) is 4.79 Å². The van der Waals surface area contributed by atoms with Crippen molar-refractivity contribution in [2.75, 3.05) is 6.54 Å². The normalized spacial score (nSPS) is 16.1. The lowest BCUT2D eigenvalue weighted by molar-refractivity contribution is 0.0919. The van der Waals surface area contributed by atoms with Crippen molar-refractivity contribution in [1.82, 2.24) is 20.3 Å². The Labute approximate surface area is 158 Å². The van der Waals surface area contributed by atoms with Gasteiger partial charge in [0, 0.05) is 25.0 Å². The molecule has 0 radical (unpaired) electrons. The molecule has 0 aliphatic heterocycles. The first-order valence-corrected chi connectivity index (χ1v) is 9.26. The summed E-state index contributed by atoms with van der Waals surface area (Å²) in [5.41, 5.74) is 6.63. The topological polar surface area (TPSA) is 93.8 Å². The molecule has 1 amide bonds. The molecule has 1 aliphatic carbocycles. The number of halogens is 1. The van der Waals surface area contributed by atoms with Gasteiger partial charge in [0.15, 0.2) is 10.8 Å². The van der Waals surface area contributed by atoms with E-state index >= 15 is 0 Å². The molecule has 0 bridgehead atoms. The van der Waals surface area contributed by atoms with Gasteiger partial charge in [-0.1, -0.05) is 19.3 Å². The highest BCUT2D eigenvalue weighted by atomic mass is 35.5. The molecule has 0 spiro atoms. The second-order valence-electron chi connectivity index (χ2n) is 6.22. The monoisotopic (exact) mass is 381 g/mol. The van der Waals surface area contributed by atoms with Gasteiger partial charge in [0.25, 0.3) is 5.91 Å². The van der Waals surface area contributed by atoms with Crippen molar-refractivity contribution in [1.29, 1.82) is 0 Å². The van der Waals surface area contributed by atoms with E-state index in [4.69, 9.17) is 5.73 Å². The number of nitrogens with one attached hydrogen (secondary N) is 1. The minimum Gasteiger partial charge on any atom is -0.347 e. The van der Waals surface area contributed by atoms with Crippen LogP contribution in [-0.2, 0) is 0 Å². The van der Waals surface area contributed by atoms with Crippen LogP contribution < -0.4 is 11.1 Å². The Hall–Kier alpha value is -1.57. The molecule has 3 N–H and O–H groups in total. The summed E-state index contributed by atoms with van der Waals surface area (Å²) in [5.74, 6) is 0.943. The predicted octanol–water partition coefficient (Wildman–Crippen LogP) is 2.97. The van der Waals surface area contributed by atoms with E-state index in [0.717, 1.165) is 12.8 Å². The Bertz CT molecular complexity index is 688. The first-order valence-electron chi connectivity index (χ1n) is 8.44. The van der Waals surface area contributed by atoms with Crippen molar-refractivity contribution in [3.05, 3.63) is 29.0 Å². The summed E-state index contributed by atoms with van der Waals surface area (Å²) in [6.07, 6.45) is 9.38. The zero-order valence-electron chi connectivity index (χ0n) is 14.3. The molecule has 1 fully saturated rings. The van der Waals surface area contributed by atoms with E-state index in [2.05, 4.69) is 20.3 Å². The van der Waals surface area contributed by atoms with Gasteiger partial charge in [0.1, 0.15) is 4.88 Å². The van der Waals surface area contributed by atoms with Gasteiger partial charge in [-0.25, -0.2) is 15.0 Å². The molecule has 2 heterocycles. The molecule has 1 unspecified atom stereocenters. The predicted molar refractivity (Wildman–Crippen MR) is 102 cm³/mol. The van der Waals surface area contributed by atoms with E-state index in [1.165, 1.54) is 30.6 Å². The van der Waals surface area contributed by atoms with Crippen molar-refractivity contribution >= 4 is 29.7 Å². The summed E-state index contributed by atoms with van der Waals surface area (Å²) in [5, 5.41) is 3.79. The highest BCUT2D eigenvalue weighted by molar-refractivity contribution is 7.17. The quantitative estimate of drug-likeness (QED) is 0.830. The number of amides is 1. The number of hydrogen-bond donors (Lipinski definition) is 2. The Morgan fingerprint density at radius 2 is 2.00 bits per heavy atom. The van der Waals surface area contributed by atoms with Crippen molar-refractivity contribution in [2.45, 2.75) is 45.1 Å². The Morgan fingerprint density at radius 1 is 1.32 bits per heavy atom. The third-order valence-electron chi connectivity index (χ3n) is 4.55. The second-order valence-corrected chi connectivity index (χ2v) is 7.22. The SMILES string of the molecule is Cc1nc(-c2ncccn2)sc1C(=O)NC(CN)C1CCCCC1.Cl. The molecule has 6 nitrogen and oxygen atoms in total. The van der Waals surface area contributed by atoms with Gasteiger partial charge in [-0.05, 0) is 31.7 Å². The number of aryl methyl sites for hydroxylation is 1. The fourth-order valence-corrected chi connectivity index (χ4v) is 4.17. The van der Waals surface area contributed by atoms with Crippen LogP contribution in [0.3, 0.4) is 0 Å². The molecule has 1 saturated carbocycles. The van der Waals surface area contributed by atoms with E-state index in [1.807, 2.05) is 6.92 Å². The van der Waals surface area contributed by atoms with Crippen LogP contribution in [0, 0.1) is 12.8 Å². The van der Waals surface area contributed by atoms with Crippen LogP contribution in [0.25, 0.3) is 10.8 Å². The number of nitrogens with zero attached hydrogens (tertiary/aromatic N) is 3. The molecule has 2 aromatic heterocycles. The number of nitrogens with two attached hydrogens (primary N) is 1. The highest BCUT2D eigenvalue weighted by Gasteiger charge is 2.26. The van der Waals surface area contributed by atoms with Crippen LogP contribution in [0.5, 0.6) is 0 Å². The summed E-state index contributed by atoms with van der Waals surface area (Å²) in [6, 6.07) is 1.80. The molecule has 2 aromatic rings. The summed E-state index contributed by atoms with van der Waals surface area (Å²) in [4.78, 5) is 26.1. The molecule has 8 heteroatoms. The van der Waals surface area contributed by atoms with Crippen LogP contribution >= 0.6 is 23.7 Å². The smallest absolute Gasteiger partial charge is 0.263 e. The largest absolute Gasteiger partial charge is 0.347 e. The van der Waals surface area contributed by atoms with E-state index < -0.39 is 0 Å². The number of carbonyl (C=O) groups is 1. The third-order valence-corrected chi connectivity index (χ3v) is 5.70. The summed E-state index contributed by atoms with van der Waals surface area (Å²) >= 11 is 1.33. The lowest BCUT2D eigenvalue weighted by Crippen LogP contribution is -2.45. The maximum Gasteiger partial charge on any atom is 0.263 e. The minimum absolute atomic E-state index is 0. The van der Waals surface area contributed by atoms with Crippen LogP contribution in [0.2, 0.25) is 0 Å². The molecule has 136 valence electrons. The molecular weight excluding hydrogens is 358 g/mol. The zero-order valence-corrected chi connectivity index (χ0v) is 15.9. The van der Waals surface area contributed by atoms with Gasteiger partial charge in [-0.15, -0.1) is 23.7 Å². The van der Waals surface area contributed by atoms with E-state index in [-0.39, 0.29) is 24.4 Å². The van der Waals surface area contributed by atoms with Crippen molar-refractivity contribution in [3.63, 3.8) is 0 Å². The molecule has 3 rings (SSSR count). The molecular formula is C17H24ClN5OS. The summed E-state index contributed by atoms with van der Waals surface area (Å²) < 4.78 is 0. The van der Waals surface area contributed by atoms with Crippen molar-refractivity contribution in [2.24, 2.45) is 11.7 Å². The Balaban J connectivity index is 0.00000225. The lowest BCUT2D eigenvalue weighted by Gasteiger charge is -2.29. The number of hydrogen-bond acceptors (Lipinski definition) is 6. The van der Waals surface area contributed by atoms with Crippen molar-refractivity contribution in [3.8, 4) is 10.8 Å². The Kier molecular flexibility index (Phi) is 7.28. The van der Waals surface area contributed by atoms with E-state index in [1.54, 1.807) is 18.5 Å². The van der Waals surface area contributed by atoms with Crippen LogP contribution in [0.4, 0.5) is 0 Å². The van der Waals surface area contributed by atoms with Gasteiger partial charge >= 0.3 is 0 Å². The molecule has 0 aromatic carbocycles. The van der Waals surface area contributed by atoms with E-state index in [0.29, 0.717) is 33.9 Å². The van der Waals surface area contributed by atoms with Gasteiger partial charge in [0.2, 0.25) is 0 Å². The molecule has 25 heavy (non-hydrogen) atoms. The second kappa shape index (κ2) is 9.22. The van der Waals surface area contributed by atoms with Gasteiger partial charge in [0.05, 0.1) is 5.69 Å².